The van der Waals surface area contributed by atoms with Gasteiger partial charge in [0.15, 0.2) is 0 Å². The molecule has 0 spiro atoms. The van der Waals surface area contributed by atoms with E-state index in [1.54, 1.807) is 43.3 Å². The highest BCUT2D eigenvalue weighted by Gasteiger charge is 2.36. The molecule has 2 heterocycles. The van der Waals surface area contributed by atoms with Gasteiger partial charge in [-0.15, -0.1) is 0 Å². The van der Waals surface area contributed by atoms with Gasteiger partial charge >= 0.3 is 17.9 Å². The molecule has 0 amide bonds. The molecule has 0 saturated heterocycles. The van der Waals surface area contributed by atoms with Crippen molar-refractivity contribution in [2.75, 3.05) is 20.8 Å². The van der Waals surface area contributed by atoms with Crippen molar-refractivity contribution >= 4 is 40.1 Å². The largest absolute Gasteiger partial charge is 0.465 e. The Hall–Kier alpha value is -3.68. The fraction of sp³-hybridized carbons (Fsp3) is 0.200. The minimum absolute atomic E-state index is 0.0172. The highest BCUT2D eigenvalue weighted by Crippen LogP contribution is 2.30. The first-order valence-corrected chi connectivity index (χ1v) is 8.40. The molecule has 0 saturated carbocycles. The average Bonchev–Trinajstić information content (AvgIpc) is 3.07. The Labute approximate surface area is 159 Å². The van der Waals surface area contributed by atoms with Crippen LogP contribution in [0, 0.1) is 0 Å². The van der Waals surface area contributed by atoms with Crippen molar-refractivity contribution < 1.29 is 33.4 Å². The minimum atomic E-state index is -1.13. The lowest BCUT2D eigenvalue weighted by Gasteiger charge is -2.07. The van der Waals surface area contributed by atoms with Crippen molar-refractivity contribution in [1.29, 1.82) is 0 Å². The summed E-state index contributed by atoms with van der Waals surface area (Å²) in [5, 5.41) is 0.752. The number of carbonyl (C=O) groups excluding carboxylic acids is 4. The second-order valence-corrected chi connectivity index (χ2v) is 5.74. The van der Waals surface area contributed by atoms with Crippen LogP contribution in [0.5, 0.6) is 0 Å². The summed E-state index contributed by atoms with van der Waals surface area (Å²) in [6, 6.07) is 10.3. The van der Waals surface area contributed by atoms with Crippen LogP contribution in [0.2, 0.25) is 0 Å². The molecule has 144 valence electrons. The molecule has 0 unspecified atom stereocenters. The number of hydrogen-bond donors (Lipinski definition) is 0. The Morgan fingerprint density at radius 2 is 1.54 bits per heavy atom. The zero-order valence-corrected chi connectivity index (χ0v) is 15.5. The van der Waals surface area contributed by atoms with E-state index in [0.29, 0.717) is 5.52 Å². The molecule has 28 heavy (non-hydrogen) atoms. The van der Waals surface area contributed by atoms with Crippen LogP contribution >= 0.6 is 0 Å². The molecule has 0 aliphatic rings. The third-order valence-corrected chi connectivity index (χ3v) is 4.26. The number of nitrogens with zero attached hydrogens (tertiary/aromatic N) is 1. The molecule has 3 aromatic rings. The number of fused-ring (bicyclic) bond motifs is 3. The van der Waals surface area contributed by atoms with E-state index in [-0.39, 0.29) is 28.9 Å². The van der Waals surface area contributed by atoms with Crippen molar-refractivity contribution in [3.63, 3.8) is 0 Å². The summed E-state index contributed by atoms with van der Waals surface area (Å²) in [4.78, 5) is 50.0. The number of rotatable bonds is 5. The molecule has 3 rings (SSSR count). The maximum Gasteiger partial charge on any atom is 0.379 e. The zero-order valence-electron chi connectivity index (χ0n) is 15.5. The fourth-order valence-electron chi connectivity index (χ4n) is 3.12. The smallest absolute Gasteiger partial charge is 0.379 e. The van der Waals surface area contributed by atoms with Crippen molar-refractivity contribution in [2.45, 2.75) is 6.92 Å². The van der Waals surface area contributed by atoms with Gasteiger partial charge in [0, 0.05) is 0 Å². The third-order valence-electron chi connectivity index (χ3n) is 4.26. The lowest BCUT2D eigenvalue weighted by Crippen LogP contribution is -2.21. The van der Waals surface area contributed by atoms with Crippen molar-refractivity contribution in [3.8, 4) is 0 Å². The predicted octanol–water partition coefficient (Wildman–Crippen LogP) is 2.41. The molecular weight excluding hydrogens is 366 g/mol. The summed E-state index contributed by atoms with van der Waals surface area (Å²) in [6.45, 7) is 1.54. The van der Waals surface area contributed by atoms with Crippen molar-refractivity contribution in [1.82, 2.24) is 4.40 Å². The van der Waals surface area contributed by atoms with E-state index in [1.807, 2.05) is 0 Å². The Morgan fingerprint density at radius 1 is 0.857 bits per heavy atom. The van der Waals surface area contributed by atoms with Crippen molar-refractivity contribution in [3.05, 3.63) is 53.2 Å². The second-order valence-electron chi connectivity index (χ2n) is 5.74. The lowest BCUT2D eigenvalue weighted by atomic mass is 10.0. The number of ketones is 1. The second kappa shape index (κ2) is 7.51. The monoisotopic (exact) mass is 383 g/mol. The van der Waals surface area contributed by atoms with Gasteiger partial charge in [-0.2, -0.15) is 0 Å². The maximum absolute atomic E-state index is 12.8. The molecular formula is C20H17NO7. The number of benzene rings is 1. The molecule has 2 aromatic heterocycles. The van der Waals surface area contributed by atoms with E-state index in [4.69, 9.17) is 14.2 Å². The number of methoxy groups -OCH3 is 2. The van der Waals surface area contributed by atoms with Gasteiger partial charge in [0.2, 0.25) is 0 Å². The zero-order chi connectivity index (χ0) is 20.4. The molecule has 0 radical (unpaired) electrons. The summed E-state index contributed by atoms with van der Waals surface area (Å²) >= 11 is 0. The third kappa shape index (κ3) is 2.88. The van der Waals surface area contributed by atoms with Gasteiger partial charge in [0.25, 0.3) is 5.78 Å². The number of esters is 3. The summed E-state index contributed by atoms with van der Waals surface area (Å²) in [5.74, 6) is -3.98. The van der Waals surface area contributed by atoms with E-state index >= 15 is 0 Å². The van der Waals surface area contributed by atoms with Gasteiger partial charge in [0.05, 0.1) is 37.4 Å². The number of para-hydroxylation sites is 1. The molecule has 0 aliphatic heterocycles. The number of Topliss-reactive ketones (excluding diaryl/α,β-unsaturated/α-hetero) is 1. The Kier molecular flexibility index (Phi) is 5.12. The van der Waals surface area contributed by atoms with Crippen LogP contribution in [0.3, 0.4) is 0 Å². The number of hydrogen-bond acceptors (Lipinski definition) is 7. The van der Waals surface area contributed by atoms with Crippen LogP contribution < -0.4 is 0 Å². The quantitative estimate of drug-likeness (QED) is 0.289. The number of carbonyl (C=O) groups is 4. The molecule has 8 heteroatoms. The number of ether oxygens (including phenoxy) is 3. The van der Waals surface area contributed by atoms with Gasteiger partial charge in [-0.3, -0.25) is 4.79 Å². The first-order valence-electron chi connectivity index (χ1n) is 8.40. The lowest BCUT2D eigenvalue weighted by molar-refractivity contribution is -0.137. The van der Waals surface area contributed by atoms with Crippen LogP contribution in [0.4, 0.5) is 0 Å². The summed E-state index contributed by atoms with van der Waals surface area (Å²) in [7, 11) is 2.27. The predicted molar refractivity (Wildman–Crippen MR) is 98.5 cm³/mol. The minimum Gasteiger partial charge on any atom is -0.465 e. The number of aromatic nitrogens is 1. The molecule has 1 aromatic carbocycles. The first-order chi connectivity index (χ1) is 13.5. The molecule has 0 aliphatic carbocycles. The summed E-state index contributed by atoms with van der Waals surface area (Å²) in [5.41, 5.74) is -0.0694. The Balaban J connectivity index is 2.52. The van der Waals surface area contributed by atoms with Gasteiger partial charge in [-0.1, -0.05) is 24.3 Å². The van der Waals surface area contributed by atoms with Crippen LogP contribution in [0.1, 0.15) is 38.1 Å². The summed E-state index contributed by atoms with van der Waals surface area (Å²) in [6.07, 6.45) is 0. The topological polar surface area (TPSA) is 100 Å². The van der Waals surface area contributed by atoms with Crippen LogP contribution in [-0.2, 0) is 19.0 Å². The SMILES string of the molecule is CCOC(=O)C(=O)c1c(C(=O)OC)c(C(=O)OC)n2c1ccc1ccccc12. The standard InChI is InChI=1S/C20H17NO7/c1-4-28-20(25)17(22)14-13-10-9-11-7-5-6-8-12(11)21(13)16(19(24)27-3)15(14)18(23)26-2/h5-10H,4H2,1-3H3. The maximum atomic E-state index is 12.8. The van der Waals surface area contributed by atoms with Crippen LogP contribution in [-0.4, -0.2) is 48.9 Å². The summed E-state index contributed by atoms with van der Waals surface area (Å²) < 4.78 is 15.8. The van der Waals surface area contributed by atoms with Gasteiger partial charge in [0.1, 0.15) is 11.3 Å². The molecule has 0 N–H and O–H groups in total. The molecule has 0 fully saturated rings. The molecule has 0 atom stereocenters. The van der Waals surface area contributed by atoms with Gasteiger partial charge < -0.3 is 18.6 Å². The first kappa shape index (κ1) is 19.1. The van der Waals surface area contributed by atoms with E-state index in [2.05, 4.69) is 0 Å². The highest BCUT2D eigenvalue weighted by molar-refractivity contribution is 6.44. The van der Waals surface area contributed by atoms with Crippen molar-refractivity contribution in [2.24, 2.45) is 0 Å². The molecule has 8 nitrogen and oxygen atoms in total. The highest BCUT2D eigenvalue weighted by atomic mass is 16.5. The van der Waals surface area contributed by atoms with Gasteiger partial charge in [-0.05, 0) is 24.4 Å². The van der Waals surface area contributed by atoms with Gasteiger partial charge in [-0.25, -0.2) is 14.4 Å². The molecule has 0 bridgehead atoms. The Bertz CT molecular complexity index is 1130. The van der Waals surface area contributed by atoms with Crippen LogP contribution in [0.25, 0.3) is 16.4 Å². The average molecular weight is 383 g/mol. The normalized spacial score (nSPS) is 10.7. The van der Waals surface area contributed by atoms with E-state index in [9.17, 15) is 19.2 Å². The van der Waals surface area contributed by atoms with E-state index in [1.165, 1.54) is 4.40 Å². The fourth-order valence-corrected chi connectivity index (χ4v) is 3.12. The number of pyridine rings is 1. The van der Waals surface area contributed by atoms with E-state index in [0.717, 1.165) is 19.6 Å². The van der Waals surface area contributed by atoms with Crippen LogP contribution in [0.15, 0.2) is 36.4 Å². The van der Waals surface area contributed by atoms with E-state index < -0.39 is 23.7 Å². The Morgan fingerprint density at radius 3 is 2.18 bits per heavy atom.